The molecule has 12 heavy (non-hydrogen) atoms. The largest absolute Gasteiger partial charge is 0.383 e. The van der Waals surface area contributed by atoms with Crippen molar-refractivity contribution < 1.29 is 4.74 Å². The number of amidine groups is 1. The summed E-state index contributed by atoms with van der Waals surface area (Å²) in [5, 5.41) is 7.79. The number of nitrogens with one attached hydrogen (secondary N) is 1. The standard InChI is InChI=1S/C8H17IN2O/c1-8(2,9)7(10)11(3)5-6-12-4/h10H,5-6H2,1-4H3. The molecule has 0 amide bonds. The van der Waals surface area contributed by atoms with E-state index in [1.807, 2.05) is 25.8 Å². The number of nitrogens with zero attached hydrogens (tertiary/aromatic N) is 1. The fraction of sp³-hybridized carbons (Fsp3) is 0.875. The van der Waals surface area contributed by atoms with Gasteiger partial charge in [0.15, 0.2) is 0 Å². The Labute approximate surface area is 88.1 Å². The Balaban J connectivity index is 3.94. The van der Waals surface area contributed by atoms with Gasteiger partial charge in [0.2, 0.25) is 0 Å². The predicted molar refractivity (Wildman–Crippen MR) is 60.3 cm³/mol. The maximum atomic E-state index is 7.79. The predicted octanol–water partition coefficient (Wildman–Crippen LogP) is 1.76. The molecule has 0 unspecified atom stereocenters. The summed E-state index contributed by atoms with van der Waals surface area (Å²) in [6.07, 6.45) is 0. The van der Waals surface area contributed by atoms with Crippen LogP contribution in [-0.4, -0.2) is 41.5 Å². The molecule has 3 nitrogen and oxygen atoms in total. The van der Waals surface area contributed by atoms with Crippen LogP contribution in [0.3, 0.4) is 0 Å². The summed E-state index contributed by atoms with van der Waals surface area (Å²) in [7, 11) is 3.59. The summed E-state index contributed by atoms with van der Waals surface area (Å²) in [6, 6.07) is 0. The van der Waals surface area contributed by atoms with Crippen molar-refractivity contribution in [1.29, 1.82) is 5.41 Å². The third-order valence-electron chi connectivity index (χ3n) is 1.58. The minimum atomic E-state index is -0.0970. The fourth-order valence-electron chi connectivity index (χ4n) is 0.794. The number of alkyl halides is 1. The van der Waals surface area contributed by atoms with Gasteiger partial charge in [0, 0.05) is 20.7 Å². The molecule has 4 heteroatoms. The van der Waals surface area contributed by atoms with Gasteiger partial charge < -0.3 is 9.64 Å². The molecule has 0 aliphatic heterocycles. The van der Waals surface area contributed by atoms with E-state index < -0.39 is 0 Å². The number of rotatable bonds is 4. The van der Waals surface area contributed by atoms with Crippen molar-refractivity contribution in [3.05, 3.63) is 0 Å². The van der Waals surface area contributed by atoms with Crippen LogP contribution >= 0.6 is 22.6 Å². The van der Waals surface area contributed by atoms with Gasteiger partial charge in [-0.3, -0.25) is 5.41 Å². The molecule has 72 valence electrons. The highest BCUT2D eigenvalue weighted by atomic mass is 127. The molecule has 0 aromatic rings. The average Bonchev–Trinajstić information content (AvgIpc) is 1.97. The fourth-order valence-corrected chi connectivity index (χ4v) is 1.21. The monoisotopic (exact) mass is 284 g/mol. The van der Waals surface area contributed by atoms with Crippen LogP contribution in [0.25, 0.3) is 0 Å². The lowest BCUT2D eigenvalue weighted by molar-refractivity contribution is 0.182. The van der Waals surface area contributed by atoms with E-state index in [-0.39, 0.29) is 3.42 Å². The van der Waals surface area contributed by atoms with Crippen LogP contribution in [0.15, 0.2) is 0 Å². The van der Waals surface area contributed by atoms with E-state index in [0.29, 0.717) is 12.4 Å². The van der Waals surface area contributed by atoms with Crippen LogP contribution in [0.4, 0.5) is 0 Å². The average molecular weight is 284 g/mol. The first-order valence-corrected chi connectivity index (χ1v) is 4.95. The third kappa shape index (κ3) is 4.25. The Bertz CT molecular complexity index is 154. The van der Waals surface area contributed by atoms with Crippen molar-refractivity contribution in [3.8, 4) is 0 Å². The molecule has 0 radical (unpaired) electrons. The van der Waals surface area contributed by atoms with Crippen LogP contribution in [0.2, 0.25) is 0 Å². The molecule has 0 saturated heterocycles. The number of halogens is 1. The van der Waals surface area contributed by atoms with Gasteiger partial charge >= 0.3 is 0 Å². The van der Waals surface area contributed by atoms with Crippen LogP contribution in [-0.2, 0) is 4.74 Å². The van der Waals surface area contributed by atoms with E-state index in [9.17, 15) is 0 Å². The zero-order valence-corrected chi connectivity index (χ0v) is 10.3. The molecule has 1 N–H and O–H groups in total. The Morgan fingerprint density at radius 1 is 1.58 bits per heavy atom. The maximum Gasteiger partial charge on any atom is 0.111 e. The lowest BCUT2D eigenvalue weighted by Gasteiger charge is -2.27. The Kier molecular flexibility index (Phi) is 5.08. The van der Waals surface area contributed by atoms with Gasteiger partial charge in [0.25, 0.3) is 0 Å². The van der Waals surface area contributed by atoms with E-state index >= 15 is 0 Å². The summed E-state index contributed by atoms with van der Waals surface area (Å²) in [4.78, 5) is 1.91. The van der Waals surface area contributed by atoms with Gasteiger partial charge in [-0.25, -0.2) is 0 Å². The van der Waals surface area contributed by atoms with Crippen LogP contribution in [0.1, 0.15) is 13.8 Å². The third-order valence-corrected chi connectivity index (χ3v) is 2.09. The van der Waals surface area contributed by atoms with E-state index in [1.54, 1.807) is 7.11 Å². The number of methoxy groups -OCH3 is 1. The summed E-state index contributed by atoms with van der Waals surface area (Å²) in [5.41, 5.74) is 0. The lowest BCUT2D eigenvalue weighted by Crippen LogP contribution is -2.40. The Hall–Kier alpha value is 0.160. The summed E-state index contributed by atoms with van der Waals surface area (Å²) >= 11 is 2.26. The summed E-state index contributed by atoms with van der Waals surface area (Å²) in [5.74, 6) is 0.639. The molecule has 0 rings (SSSR count). The molecular weight excluding hydrogens is 267 g/mol. The molecule has 0 aliphatic rings. The minimum Gasteiger partial charge on any atom is -0.383 e. The molecule has 0 aromatic heterocycles. The molecule has 0 bridgehead atoms. The van der Waals surface area contributed by atoms with Crippen molar-refractivity contribution in [2.75, 3.05) is 27.3 Å². The van der Waals surface area contributed by atoms with Crippen molar-refractivity contribution >= 4 is 28.4 Å². The topological polar surface area (TPSA) is 36.3 Å². The van der Waals surface area contributed by atoms with Gasteiger partial charge in [-0.05, 0) is 13.8 Å². The summed E-state index contributed by atoms with van der Waals surface area (Å²) in [6.45, 7) is 5.51. The number of hydrogen-bond donors (Lipinski definition) is 1. The lowest BCUT2D eigenvalue weighted by atomic mass is 10.2. The second kappa shape index (κ2) is 5.01. The molecule has 0 heterocycles. The quantitative estimate of drug-likeness (QED) is 0.369. The van der Waals surface area contributed by atoms with Crippen LogP contribution in [0.5, 0.6) is 0 Å². The normalized spacial score (nSPS) is 11.4. The first-order valence-electron chi connectivity index (χ1n) is 3.87. The van der Waals surface area contributed by atoms with Gasteiger partial charge in [-0.15, -0.1) is 0 Å². The molecule has 0 spiro atoms. The van der Waals surface area contributed by atoms with E-state index in [1.165, 1.54) is 0 Å². The van der Waals surface area contributed by atoms with Gasteiger partial charge in [0.05, 0.1) is 10.0 Å². The zero-order chi connectivity index (χ0) is 9.78. The summed E-state index contributed by atoms with van der Waals surface area (Å²) < 4.78 is 4.84. The van der Waals surface area contributed by atoms with Crippen molar-refractivity contribution in [1.82, 2.24) is 4.90 Å². The number of ether oxygens (including phenoxy) is 1. The minimum absolute atomic E-state index is 0.0970. The second-order valence-electron chi connectivity index (χ2n) is 3.24. The van der Waals surface area contributed by atoms with Crippen LogP contribution < -0.4 is 0 Å². The molecular formula is C8H17IN2O. The number of hydrogen-bond acceptors (Lipinski definition) is 2. The molecule has 0 aliphatic carbocycles. The molecule has 0 aromatic carbocycles. The first-order chi connectivity index (χ1) is 5.39. The number of likely N-dealkylation sites (N-methyl/N-ethyl adjacent to an activating group) is 1. The highest BCUT2D eigenvalue weighted by Gasteiger charge is 2.22. The smallest absolute Gasteiger partial charge is 0.111 e. The van der Waals surface area contributed by atoms with Crippen LogP contribution in [0, 0.1) is 5.41 Å². The highest BCUT2D eigenvalue weighted by molar-refractivity contribution is 14.1. The van der Waals surface area contributed by atoms with Crippen molar-refractivity contribution in [2.24, 2.45) is 0 Å². The van der Waals surface area contributed by atoms with Crippen molar-refractivity contribution in [2.45, 2.75) is 17.3 Å². The second-order valence-corrected chi connectivity index (χ2v) is 5.93. The first kappa shape index (κ1) is 12.2. The van der Waals surface area contributed by atoms with E-state index in [2.05, 4.69) is 22.6 Å². The Morgan fingerprint density at radius 3 is 2.42 bits per heavy atom. The Morgan fingerprint density at radius 2 is 2.08 bits per heavy atom. The molecule has 0 atom stereocenters. The van der Waals surface area contributed by atoms with Crippen molar-refractivity contribution in [3.63, 3.8) is 0 Å². The van der Waals surface area contributed by atoms with Gasteiger partial charge in [-0.1, -0.05) is 22.6 Å². The van der Waals surface area contributed by atoms with Gasteiger partial charge in [-0.2, -0.15) is 0 Å². The van der Waals surface area contributed by atoms with Gasteiger partial charge in [0.1, 0.15) is 5.84 Å². The molecule has 0 saturated carbocycles. The highest BCUT2D eigenvalue weighted by Crippen LogP contribution is 2.19. The SMILES string of the molecule is COCCN(C)C(=N)C(C)(C)I. The van der Waals surface area contributed by atoms with E-state index in [0.717, 1.165) is 6.54 Å². The van der Waals surface area contributed by atoms with E-state index in [4.69, 9.17) is 10.1 Å². The zero-order valence-electron chi connectivity index (χ0n) is 8.15. The molecule has 0 fully saturated rings. The maximum absolute atomic E-state index is 7.79.